The Morgan fingerprint density at radius 2 is 2.12 bits per heavy atom. The van der Waals surface area contributed by atoms with Gasteiger partial charge in [0, 0.05) is 25.5 Å². The van der Waals surface area contributed by atoms with Gasteiger partial charge in [-0.25, -0.2) is 0 Å². The Morgan fingerprint density at radius 1 is 1.28 bits per heavy atom. The number of aliphatic carboxylic acids is 1. The summed E-state index contributed by atoms with van der Waals surface area (Å²) in [5, 5.41) is 15.1. The smallest absolute Gasteiger partial charge is 0.303 e. The van der Waals surface area contributed by atoms with Crippen LogP contribution in [0, 0.1) is 6.92 Å². The number of benzene rings is 1. The normalized spacial score (nSPS) is 10.4. The number of rotatable bonds is 10. The highest BCUT2D eigenvalue weighted by Crippen LogP contribution is 2.14. The van der Waals surface area contributed by atoms with E-state index in [-0.39, 0.29) is 18.9 Å². The lowest BCUT2D eigenvalue weighted by Crippen LogP contribution is -2.24. The van der Waals surface area contributed by atoms with Crippen molar-refractivity contribution in [3.63, 3.8) is 0 Å². The minimum absolute atomic E-state index is 0.159. The molecule has 1 aromatic carbocycles. The van der Waals surface area contributed by atoms with Gasteiger partial charge in [0.15, 0.2) is 6.61 Å². The van der Waals surface area contributed by atoms with Crippen molar-refractivity contribution in [3.8, 4) is 5.75 Å². The van der Waals surface area contributed by atoms with Crippen LogP contribution in [0.4, 0.5) is 0 Å². The van der Waals surface area contributed by atoms with Gasteiger partial charge in [-0.3, -0.25) is 9.59 Å². The van der Waals surface area contributed by atoms with Gasteiger partial charge in [0.25, 0.3) is 5.91 Å². The summed E-state index contributed by atoms with van der Waals surface area (Å²) in [6, 6.07) is 6.83. The van der Waals surface area contributed by atoms with Gasteiger partial charge in [0.1, 0.15) is 5.75 Å². The largest absolute Gasteiger partial charge is 0.485 e. The molecule has 8 heteroatoms. The van der Waals surface area contributed by atoms with Crippen LogP contribution in [0.5, 0.6) is 5.75 Å². The summed E-state index contributed by atoms with van der Waals surface area (Å²) >= 11 is 0. The third-order valence-electron chi connectivity index (χ3n) is 3.39. The highest BCUT2D eigenvalue weighted by atomic mass is 16.5. The third kappa shape index (κ3) is 6.62. The number of amides is 1. The minimum atomic E-state index is -0.795. The second kappa shape index (κ2) is 9.41. The van der Waals surface area contributed by atoms with E-state index in [0.717, 1.165) is 12.8 Å². The predicted octanol–water partition coefficient (Wildman–Crippen LogP) is 2.33. The van der Waals surface area contributed by atoms with Crippen LogP contribution in [-0.2, 0) is 11.4 Å². The number of hydrogen-bond donors (Lipinski definition) is 2. The third-order valence-corrected chi connectivity index (χ3v) is 3.39. The summed E-state index contributed by atoms with van der Waals surface area (Å²) in [5.74, 6) is 0.455. The number of nitrogens with one attached hydrogen (secondary N) is 1. The monoisotopic (exact) mass is 347 g/mol. The average Bonchev–Trinajstić information content (AvgIpc) is 3.01. The Hall–Kier alpha value is -2.90. The molecule has 0 radical (unpaired) electrons. The van der Waals surface area contributed by atoms with Crippen LogP contribution in [0.2, 0.25) is 0 Å². The fourth-order valence-electron chi connectivity index (χ4n) is 2.16. The zero-order chi connectivity index (χ0) is 18.1. The summed E-state index contributed by atoms with van der Waals surface area (Å²) in [5.41, 5.74) is 0.493. The number of ether oxygens (including phenoxy) is 1. The topological polar surface area (TPSA) is 115 Å². The van der Waals surface area contributed by atoms with Crippen molar-refractivity contribution in [2.24, 2.45) is 0 Å². The lowest BCUT2D eigenvalue weighted by molar-refractivity contribution is -0.137. The molecular formula is C17H21N3O5. The molecule has 0 unspecified atom stereocenters. The van der Waals surface area contributed by atoms with E-state index in [4.69, 9.17) is 14.4 Å². The molecule has 2 rings (SSSR count). The lowest BCUT2D eigenvalue weighted by atomic mass is 10.1. The maximum absolute atomic E-state index is 12.1. The van der Waals surface area contributed by atoms with E-state index >= 15 is 0 Å². The molecule has 0 aliphatic heterocycles. The second-order valence-electron chi connectivity index (χ2n) is 5.51. The number of carboxylic acids is 1. The molecule has 0 saturated carbocycles. The molecule has 0 atom stereocenters. The van der Waals surface area contributed by atoms with E-state index < -0.39 is 5.97 Å². The van der Waals surface area contributed by atoms with E-state index in [0.29, 0.717) is 36.0 Å². The zero-order valence-electron chi connectivity index (χ0n) is 14.0. The van der Waals surface area contributed by atoms with E-state index in [1.165, 1.54) is 0 Å². The molecule has 2 N–H and O–H groups in total. The molecular weight excluding hydrogens is 326 g/mol. The molecule has 8 nitrogen and oxygen atoms in total. The molecule has 0 saturated heterocycles. The summed E-state index contributed by atoms with van der Waals surface area (Å²) in [4.78, 5) is 26.6. The fraction of sp³-hybridized carbons (Fsp3) is 0.412. The first-order chi connectivity index (χ1) is 12.0. The van der Waals surface area contributed by atoms with Crippen molar-refractivity contribution in [2.45, 2.75) is 39.2 Å². The minimum Gasteiger partial charge on any atom is -0.485 e. The van der Waals surface area contributed by atoms with Gasteiger partial charge in [-0.15, -0.1) is 0 Å². The quantitative estimate of drug-likeness (QED) is 0.634. The molecule has 1 heterocycles. The van der Waals surface area contributed by atoms with Gasteiger partial charge in [-0.05, 0) is 31.0 Å². The Balaban J connectivity index is 1.75. The lowest BCUT2D eigenvalue weighted by Gasteiger charge is -2.07. The van der Waals surface area contributed by atoms with Crippen LogP contribution in [-0.4, -0.2) is 33.7 Å². The van der Waals surface area contributed by atoms with Crippen molar-refractivity contribution >= 4 is 11.9 Å². The van der Waals surface area contributed by atoms with Crippen molar-refractivity contribution < 1.29 is 24.0 Å². The summed E-state index contributed by atoms with van der Waals surface area (Å²) < 4.78 is 10.4. The number of aryl methyl sites for hydroxylation is 1. The maximum atomic E-state index is 12.1. The second-order valence-corrected chi connectivity index (χ2v) is 5.51. The van der Waals surface area contributed by atoms with Crippen molar-refractivity contribution in [3.05, 3.63) is 41.5 Å². The molecule has 1 aromatic heterocycles. The van der Waals surface area contributed by atoms with E-state index in [9.17, 15) is 9.59 Å². The highest BCUT2D eigenvalue weighted by Gasteiger charge is 2.08. The molecule has 0 fully saturated rings. The molecule has 134 valence electrons. The number of carboxylic acid groups (broad SMARTS) is 1. The Labute approximate surface area is 145 Å². The van der Waals surface area contributed by atoms with Crippen LogP contribution >= 0.6 is 0 Å². The Bertz CT molecular complexity index is 714. The first-order valence-electron chi connectivity index (χ1n) is 8.06. The molecule has 0 bridgehead atoms. The fourth-order valence-corrected chi connectivity index (χ4v) is 2.16. The molecule has 2 aromatic rings. The van der Waals surface area contributed by atoms with Crippen LogP contribution in [0.15, 0.2) is 28.8 Å². The van der Waals surface area contributed by atoms with Gasteiger partial charge < -0.3 is 19.7 Å². The number of nitrogens with zero attached hydrogens (tertiary/aromatic N) is 2. The SMILES string of the molecule is Cc1nc(COc2cccc(C(=O)NCCCCCC(=O)O)c2)no1. The van der Waals surface area contributed by atoms with Crippen LogP contribution in [0.3, 0.4) is 0 Å². The van der Waals surface area contributed by atoms with E-state index in [2.05, 4.69) is 15.5 Å². The van der Waals surface area contributed by atoms with Crippen LogP contribution < -0.4 is 10.1 Å². The number of unbranched alkanes of at least 4 members (excludes halogenated alkanes) is 2. The standard InChI is InChI=1S/C17H21N3O5/c1-12-19-15(20-25-12)11-24-14-7-5-6-13(10-14)17(23)18-9-4-2-3-8-16(21)22/h5-7,10H,2-4,8-9,11H2,1H3,(H,18,23)(H,21,22). The number of carbonyl (C=O) groups excluding carboxylic acids is 1. The van der Waals surface area contributed by atoms with E-state index in [1.807, 2.05) is 0 Å². The van der Waals surface area contributed by atoms with Gasteiger partial charge in [0.2, 0.25) is 11.7 Å². The molecule has 0 spiro atoms. The first kappa shape index (κ1) is 18.4. The van der Waals surface area contributed by atoms with Gasteiger partial charge in [0.05, 0.1) is 0 Å². The highest BCUT2D eigenvalue weighted by molar-refractivity contribution is 5.94. The molecule has 25 heavy (non-hydrogen) atoms. The Kier molecular flexibility index (Phi) is 6.94. The summed E-state index contributed by atoms with van der Waals surface area (Å²) in [6.45, 7) is 2.36. The summed E-state index contributed by atoms with van der Waals surface area (Å²) in [6.07, 6.45) is 2.28. The number of hydrogen-bond acceptors (Lipinski definition) is 6. The predicted molar refractivity (Wildman–Crippen MR) is 88.2 cm³/mol. The van der Waals surface area contributed by atoms with E-state index in [1.54, 1.807) is 31.2 Å². The number of aromatic nitrogens is 2. The molecule has 0 aliphatic rings. The van der Waals surface area contributed by atoms with Gasteiger partial charge in [-0.1, -0.05) is 17.6 Å². The van der Waals surface area contributed by atoms with Crippen molar-refractivity contribution in [2.75, 3.05) is 6.54 Å². The van der Waals surface area contributed by atoms with Crippen molar-refractivity contribution in [1.29, 1.82) is 0 Å². The zero-order valence-corrected chi connectivity index (χ0v) is 14.0. The van der Waals surface area contributed by atoms with Crippen molar-refractivity contribution in [1.82, 2.24) is 15.5 Å². The van der Waals surface area contributed by atoms with Crippen LogP contribution in [0.25, 0.3) is 0 Å². The summed E-state index contributed by atoms with van der Waals surface area (Å²) in [7, 11) is 0. The average molecular weight is 347 g/mol. The van der Waals surface area contributed by atoms with Gasteiger partial charge in [-0.2, -0.15) is 4.98 Å². The van der Waals surface area contributed by atoms with Crippen LogP contribution in [0.1, 0.15) is 47.8 Å². The Morgan fingerprint density at radius 3 is 2.84 bits per heavy atom. The first-order valence-corrected chi connectivity index (χ1v) is 8.06. The maximum Gasteiger partial charge on any atom is 0.303 e. The number of carbonyl (C=O) groups is 2. The molecule has 0 aliphatic carbocycles. The molecule has 1 amide bonds. The van der Waals surface area contributed by atoms with Gasteiger partial charge >= 0.3 is 5.97 Å².